The predicted octanol–water partition coefficient (Wildman–Crippen LogP) is 4.68. The van der Waals surface area contributed by atoms with E-state index in [0.717, 1.165) is 16.3 Å². The summed E-state index contributed by atoms with van der Waals surface area (Å²) in [5, 5.41) is 3.70. The van der Waals surface area contributed by atoms with Crippen molar-refractivity contribution < 1.29 is 4.79 Å². The minimum atomic E-state index is -0.105. The van der Waals surface area contributed by atoms with Crippen molar-refractivity contribution in [3.05, 3.63) is 53.9 Å². The van der Waals surface area contributed by atoms with Crippen LogP contribution in [-0.4, -0.2) is 16.1 Å². The van der Waals surface area contributed by atoms with Crippen LogP contribution in [0.15, 0.2) is 47.5 Å². The fourth-order valence-corrected chi connectivity index (χ4v) is 3.99. The number of aryl methyl sites for hydroxylation is 1. The number of nitrogens with zero attached hydrogens (tertiary/aromatic N) is 1. The maximum absolute atomic E-state index is 12.4. The van der Waals surface area contributed by atoms with Crippen LogP contribution in [0.3, 0.4) is 0 Å². The Bertz CT molecular complexity index is 648. The maximum atomic E-state index is 12.4. The molecule has 1 heterocycles. The molecule has 3 nitrogen and oxygen atoms in total. The van der Waals surface area contributed by atoms with E-state index in [1.165, 1.54) is 25.7 Å². The highest BCUT2D eigenvalue weighted by atomic mass is 32.2. The highest BCUT2D eigenvalue weighted by Gasteiger charge is 2.18. The van der Waals surface area contributed by atoms with E-state index in [1.54, 1.807) is 6.20 Å². The Morgan fingerprint density at radius 3 is 2.68 bits per heavy atom. The number of amides is 1. The number of carbonyl (C=O) groups is 1. The molecule has 4 heteroatoms. The highest BCUT2D eigenvalue weighted by Crippen LogP contribution is 2.38. The third-order valence-corrected chi connectivity index (χ3v) is 5.32. The molecule has 1 aliphatic rings. The van der Waals surface area contributed by atoms with E-state index in [0.29, 0.717) is 10.8 Å². The van der Waals surface area contributed by atoms with Crippen LogP contribution in [-0.2, 0) is 0 Å². The van der Waals surface area contributed by atoms with Gasteiger partial charge in [-0.05, 0) is 44.0 Å². The van der Waals surface area contributed by atoms with Crippen molar-refractivity contribution in [2.45, 2.75) is 42.8 Å². The minimum absolute atomic E-state index is 0.105. The van der Waals surface area contributed by atoms with Crippen molar-refractivity contribution in [1.82, 2.24) is 4.98 Å². The molecule has 114 valence electrons. The summed E-state index contributed by atoms with van der Waals surface area (Å²) in [7, 11) is 0. The Hall–Kier alpha value is -1.81. The molecule has 1 aliphatic carbocycles. The molecule has 1 N–H and O–H groups in total. The molecule has 0 aliphatic heterocycles. The lowest BCUT2D eigenvalue weighted by Gasteiger charge is -2.14. The topological polar surface area (TPSA) is 42.0 Å². The summed E-state index contributed by atoms with van der Waals surface area (Å²) in [6.45, 7) is 1.91. The summed E-state index contributed by atoms with van der Waals surface area (Å²) in [5.41, 5.74) is 2.39. The van der Waals surface area contributed by atoms with E-state index in [4.69, 9.17) is 0 Å². The van der Waals surface area contributed by atoms with Crippen LogP contribution in [0.4, 0.5) is 5.69 Å². The zero-order valence-corrected chi connectivity index (χ0v) is 13.5. The molecular weight excluding hydrogens is 292 g/mol. The molecule has 1 fully saturated rings. The summed E-state index contributed by atoms with van der Waals surface area (Å²) in [5.74, 6) is -0.105. The number of hydrogen-bond donors (Lipinski definition) is 1. The Labute approximate surface area is 135 Å². The molecule has 1 amide bonds. The Balaban J connectivity index is 1.73. The zero-order valence-electron chi connectivity index (χ0n) is 12.7. The standard InChI is InChI=1S/C18H20N2OS/c1-13-10-11-14(12-19-13)18(21)20-16-8-4-5-9-17(16)22-15-6-2-3-7-15/h4-5,8-12,15H,2-3,6-7H2,1H3,(H,20,21). The van der Waals surface area contributed by atoms with E-state index in [1.807, 2.05) is 49.0 Å². The molecule has 0 radical (unpaired) electrons. The van der Waals surface area contributed by atoms with Gasteiger partial charge in [-0.3, -0.25) is 9.78 Å². The highest BCUT2D eigenvalue weighted by molar-refractivity contribution is 8.00. The van der Waals surface area contributed by atoms with E-state index < -0.39 is 0 Å². The second-order valence-electron chi connectivity index (χ2n) is 5.66. The normalized spacial score (nSPS) is 15.0. The number of nitrogens with one attached hydrogen (secondary N) is 1. The van der Waals surface area contributed by atoms with Crippen molar-refractivity contribution in [2.75, 3.05) is 5.32 Å². The van der Waals surface area contributed by atoms with Gasteiger partial charge in [-0.25, -0.2) is 0 Å². The number of pyridine rings is 1. The van der Waals surface area contributed by atoms with Gasteiger partial charge in [0, 0.05) is 22.0 Å². The van der Waals surface area contributed by atoms with Crippen LogP contribution in [0.2, 0.25) is 0 Å². The van der Waals surface area contributed by atoms with Crippen molar-refractivity contribution in [2.24, 2.45) is 0 Å². The average Bonchev–Trinajstić information content (AvgIpc) is 3.03. The molecule has 0 atom stereocenters. The molecule has 3 rings (SSSR count). The molecule has 2 aromatic rings. The lowest BCUT2D eigenvalue weighted by molar-refractivity contribution is 0.102. The average molecular weight is 312 g/mol. The van der Waals surface area contributed by atoms with Gasteiger partial charge >= 0.3 is 0 Å². The zero-order chi connectivity index (χ0) is 15.4. The molecular formula is C18H20N2OS. The molecule has 0 unspecified atom stereocenters. The second-order valence-corrected chi connectivity index (χ2v) is 7.01. The van der Waals surface area contributed by atoms with Gasteiger partial charge in [0.15, 0.2) is 0 Å². The van der Waals surface area contributed by atoms with E-state index in [9.17, 15) is 4.79 Å². The number of thioether (sulfide) groups is 1. The molecule has 0 saturated heterocycles. The minimum Gasteiger partial charge on any atom is -0.321 e. The van der Waals surface area contributed by atoms with Crippen molar-refractivity contribution in [3.63, 3.8) is 0 Å². The summed E-state index contributed by atoms with van der Waals surface area (Å²) in [4.78, 5) is 17.7. The summed E-state index contributed by atoms with van der Waals surface area (Å²) >= 11 is 1.89. The molecule has 1 aromatic heterocycles. The fourth-order valence-electron chi connectivity index (χ4n) is 2.66. The van der Waals surface area contributed by atoms with Crippen LogP contribution < -0.4 is 5.32 Å². The van der Waals surface area contributed by atoms with Crippen LogP contribution in [0.25, 0.3) is 0 Å². The van der Waals surface area contributed by atoms with Crippen molar-refractivity contribution >= 4 is 23.4 Å². The first-order valence-corrected chi connectivity index (χ1v) is 8.60. The SMILES string of the molecule is Cc1ccc(C(=O)Nc2ccccc2SC2CCCC2)cn1. The first-order valence-electron chi connectivity index (χ1n) is 7.72. The van der Waals surface area contributed by atoms with Crippen molar-refractivity contribution in [1.29, 1.82) is 0 Å². The quantitative estimate of drug-likeness (QED) is 0.891. The maximum Gasteiger partial charge on any atom is 0.257 e. The third-order valence-electron chi connectivity index (χ3n) is 3.90. The number of hydrogen-bond acceptors (Lipinski definition) is 3. The second kappa shape index (κ2) is 6.97. The van der Waals surface area contributed by atoms with Gasteiger partial charge in [-0.15, -0.1) is 11.8 Å². The van der Waals surface area contributed by atoms with Gasteiger partial charge in [-0.1, -0.05) is 25.0 Å². The van der Waals surface area contributed by atoms with Gasteiger partial charge in [0.25, 0.3) is 5.91 Å². The lowest BCUT2D eigenvalue weighted by atomic mass is 10.2. The van der Waals surface area contributed by atoms with Gasteiger partial charge in [0.05, 0.1) is 11.3 Å². The van der Waals surface area contributed by atoms with Gasteiger partial charge in [0.1, 0.15) is 0 Å². The lowest BCUT2D eigenvalue weighted by Crippen LogP contribution is -2.13. The number of anilines is 1. The van der Waals surface area contributed by atoms with Gasteiger partial charge in [-0.2, -0.15) is 0 Å². The molecule has 1 aromatic carbocycles. The molecule has 1 saturated carbocycles. The molecule has 0 spiro atoms. The van der Waals surface area contributed by atoms with Gasteiger partial charge < -0.3 is 5.32 Å². The molecule has 0 bridgehead atoms. The largest absolute Gasteiger partial charge is 0.321 e. The Morgan fingerprint density at radius 1 is 1.18 bits per heavy atom. The van der Waals surface area contributed by atoms with Crippen LogP contribution >= 0.6 is 11.8 Å². The summed E-state index contributed by atoms with van der Waals surface area (Å²) in [6, 6.07) is 11.7. The first kappa shape index (κ1) is 15.1. The monoisotopic (exact) mass is 312 g/mol. The summed E-state index contributed by atoms with van der Waals surface area (Å²) in [6.07, 6.45) is 6.81. The van der Waals surface area contributed by atoms with Gasteiger partial charge in [0.2, 0.25) is 0 Å². The molecule has 22 heavy (non-hydrogen) atoms. The number of rotatable bonds is 4. The Kier molecular flexibility index (Phi) is 4.78. The van der Waals surface area contributed by atoms with E-state index in [-0.39, 0.29) is 5.91 Å². The number of benzene rings is 1. The van der Waals surface area contributed by atoms with Crippen LogP contribution in [0, 0.1) is 6.92 Å². The predicted molar refractivity (Wildman–Crippen MR) is 91.5 cm³/mol. The number of aromatic nitrogens is 1. The Morgan fingerprint density at radius 2 is 1.95 bits per heavy atom. The fraction of sp³-hybridized carbons (Fsp3) is 0.333. The van der Waals surface area contributed by atoms with Crippen LogP contribution in [0.5, 0.6) is 0 Å². The van der Waals surface area contributed by atoms with E-state index in [2.05, 4.69) is 16.4 Å². The number of carbonyl (C=O) groups excluding carboxylic acids is 1. The first-order chi connectivity index (χ1) is 10.7. The summed E-state index contributed by atoms with van der Waals surface area (Å²) < 4.78 is 0. The van der Waals surface area contributed by atoms with E-state index >= 15 is 0 Å². The van der Waals surface area contributed by atoms with Crippen molar-refractivity contribution in [3.8, 4) is 0 Å². The third kappa shape index (κ3) is 3.69. The number of para-hydroxylation sites is 1. The smallest absolute Gasteiger partial charge is 0.257 e. The van der Waals surface area contributed by atoms with Crippen LogP contribution in [0.1, 0.15) is 41.7 Å².